The standard InChI is InChI=1S/C17H12ClFN4O2/c18-12-8-11(19)4-5-14(12)23-9-10(7-15(23)24)16-21-17(25-22-16)13-3-1-2-6-20-13/h1-6,8,10H,7,9H2. The molecule has 1 aliphatic heterocycles. The Kier molecular flexibility index (Phi) is 3.93. The lowest BCUT2D eigenvalue weighted by atomic mass is 10.1. The van der Waals surface area contributed by atoms with Gasteiger partial charge in [-0.2, -0.15) is 4.98 Å². The molecule has 1 saturated heterocycles. The minimum Gasteiger partial charge on any atom is -0.332 e. The Morgan fingerprint density at radius 3 is 2.92 bits per heavy atom. The first-order valence-corrected chi connectivity index (χ1v) is 8.00. The van der Waals surface area contributed by atoms with Gasteiger partial charge in [0.05, 0.1) is 10.7 Å². The second-order valence-electron chi connectivity index (χ2n) is 5.67. The van der Waals surface area contributed by atoms with Crippen LogP contribution in [0.4, 0.5) is 10.1 Å². The molecule has 126 valence electrons. The van der Waals surface area contributed by atoms with Crippen molar-refractivity contribution in [2.45, 2.75) is 12.3 Å². The van der Waals surface area contributed by atoms with E-state index in [2.05, 4.69) is 15.1 Å². The van der Waals surface area contributed by atoms with E-state index in [1.165, 1.54) is 23.1 Å². The summed E-state index contributed by atoms with van der Waals surface area (Å²) in [7, 11) is 0. The van der Waals surface area contributed by atoms with E-state index in [0.717, 1.165) is 0 Å². The summed E-state index contributed by atoms with van der Waals surface area (Å²) >= 11 is 6.06. The van der Waals surface area contributed by atoms with Crippen molar-refractivity contribution in [1.82, 2.24) is 15.1 Å². The largest absolute Gasteiger partial charge is 0.332 e. The normalized spacial score (nSPS) is 17.3. The Balaban J connectivity index is 1.57. The molecule has 1 aromatic carbocycles. The molecule has 0 saturated carbocycles. The minimum atomic E-state index is -0.449. The smallest absolute Gasteiger partial charge is 0.276 e. The average molecular weight is 359 g/mol. The molecule has 6 nitrogen and oxygen atoms in total. The lowest BCUT2D eigenvalue weighted by Gasteiger charge is -2.17. The lowest BCUT2D eigenvalue weighted by molar-refractivity contribution is -0.117. The molecule has 2 aromatic heterocycles. The van der Waals surface area contributed by atoms with E-state index in [4.69, 9.17) is 16.1 Å². The summed E-state index contributed by atoms with van der Waals surface area (Å²) in [5.74, 6) is -0.0521. The van der Waals surface area contributed by atoms with Gasteiger partial charge in [0.25, 0.3) is 5.89 Å². The molecular weight excluding hydrogens is 347 g/mol. The van der Waals surface area contributed by atoms with Gasteiger partial charge >= 0.3 is 0 Å². The lowest BCUT2D eigenvalue weighted by Crippen LogP contribution is -2.24. The number of carbonyl (C=O) groups is 1. The van der Waals surface area contributed by atoms with Crippen LogP contribution in [0.15, 0.2) is 47.1 Å². The van der Waals surface area contributed by atoms with Gasteiger partial charge in [-0.25, -0.2) is 4.39 Å². The Bertz CT molecular complexity index is 931. The Morgan fingerprint density at radius 1 is 1.28 bits per heavy atom. The first-order valence-electron chi connectivity index (χ1n) is 7.62. The van der Waals surface area contributed by atoms with E-state index in [1.54, 1.807) is 18.3 Å². The van der Waals surface area contributed by atoms with Gasteiger partial charge in [-0.15, -0.1) is 0 Å². The maximum atomic E-state index is 13.2. The SMILES string of the molecule is O=C1CC(c2noc(-c3ccccn3)n2)CN1c1ccc(F)cc1Cl. The Labute approximate surface area is 147 Å². The summed E-state index contributed by atoms with van der Waals surface area (Å²) < 4.78 is 18.5. The van der Waals surface area contributed by atoms with Crippen molar-refractivity contribution in [2.24, 2.45) is 0 Å². The first-order chi connectivity index (χ1) is 12.1. The van der Waals surface area contributed by atoms with Gasteiger partial charge in [0.15, 0.2) is 5.82 Å². The van der Waals surface area contributed by atoms with Crippen molar-refractivity contribution >= 4 is 23.2 Å². The third kappa shape index (κ3) is 2.98. The van der Waals surface area contributed by atoms with E-state index in [9.17, 15) is 9.18 Å². The maximum absolute atomic E-state index is 13.2. The second-order valence-corrected chi connectivity index (χ2v) is 6.08. The zero-order valence-electron chi connectivity index (χ0n) is 12.9. The fourth-order valence-corrected chi connectivity index (χ4v) is 3.08. The molecule has 1 amide bonds. The molecule has 4 rings (SSSR count). The van der Waals surface area contributed by atoms with Gasteiger partial charge in [0, 0.05) is 25.1 Å². The van der Waals surface area contributed by atoms with Gasteiger partial charge in [0.1, 0.15) is 11.5 Å². The minimum absolute atomic E-state index is 0.123. The van der Waals surface area contributed by atoms with Crippen molar-refractivity contribution < 1.29 is 13.7 Å². The summed E-state index contributed by atoms with van der Waals surface area (Å²) in [6.07, 6.45) is 1.87. The number of hydrogen-bond acceptors (Lipinski definition) is 5. The molecule has 1 unspecified atom stereocenters. The van der Waals surface area contributed by atoms with Gasteiger partial charge in [-0.3, -0.25) is 9.78 Å². The van der Waals surface area contributed by atoms with Crippen LogP contribution in [0, 0.1) is 5.82 Å². The zero-order valence-corrected chi connectivity index (χ0v) is 13.7. The van der Waals surface area contributed by atoms with Crippen LogP contribution < -0.4 is 4.90 Å². The van der Waals surface area contributed by atoms with E-state index in [1.807, 2.05) is 6.07 Å². The third-order valence-corrected chi connectivity index (χ3v) is 4.32. The van der Waals surface area contributed by atoms with E-state index < -0.39 is 5.82 Å². The molecule has 1 fully saturated rings. The van der Waals surface area contributed by atoms with Crippen LogP contribution in [0.25, 0.3) is 11.6 Å². The monoisotopic (exact) mass is 358 g/mol. The predicted octanol–water partition coefficient (Wildman–Crippen LogP) is 3.44. The fraction of sp³-hybridized carbons (Fsp3) is 0.176. The van der Waals surface area contributed by atoms with E-state index in [0.29, 0.717) is 29.6 Å². The molecule has 0 aliphatic carbocycles. The number of anilines is 1. The predicted molar refractivity (Wildman–Crippen MR) is 88.7 cm³/mol. The molecule has 25 heavy (non-hydrogen) atoms. The molecule has 1 aliphatic rings. The summed E-state index contributed by atoms with van der Waals surface area (Å²) in [6.45, 7) is 0.353. The molecule has 0 bridgehead atoms. The number of hydrogen-bond donors (Lipinski definition) is 0. The molecule has 3 aromatic rings. The van der Waals surface area contributed by atoms with Crippen LogP contribution in [0.3, 0.4) is 0 Å². The maximum Gasteiger partial charge on any atom is 0.276 e. The van der Waals surface area contributed by atoms with Crippen LogP contribution in [-0.4, -0.2) is 27.6 Å². The van der Waals surface area contributed by atoms with Crippen molar-refractivity contribution in [3.8, 4) is 11.6 Å². The molecule has 1 atom stereocenters. The van der Waals surface area contributed by atoms with Crippen LogP contribution in [0.5, 0.6) is 0 Å². The Morgan fingerprint density at radius 2 is 2.16 bits per heavy atom. The number of carbonyl (C=O) groups excluding carboxylic acids is 1. The van der Waals surface area contributed by atoms with Crippen molar-refractivity contribution in [3.63, 3.8) is 0 Å². The molecule has 0 spiro atoms. The van der Waals surface area contributed by atoms with Crippen LogP contribution in [-0.2, 0) is 4.79 Å². The summed E-state index contributed by atoms with van der Waals surface area (Å²) in [4.78, 5) is 22.4. The first kappa shape index (κ1) is 15.7. The average Bonchev–Trinajstić information content (AvgIpc) is 3.23. The molecule has 0 N–H and O–H groups in total. The number of benzene rings is 1. The highest BCUT2D eigenvalue weighted by Crippen LogP contribution is 2.35. The topological polar surface area (TPSA) is 72.1 Å². The molecule has 8 heteroatoms. The molecule has 3 heterocycles. The van der Waals surface area contributed by atoms with Crippen molar-refractivity contribution in [2.75, 3.05) is 11.4 Å². The van der Waals surface area contributed by atoms with Crippen LogP contribution in [0.1, 0.15) is 18.2 Å². The van der Waals surface area contributed by atoms with Crippen LogP contribution >= 0.6 is 11.6 Å². The summed E-state index contributed by atoms with van der Waals surface area (Å²) in [6, 6.07) is 9.33. The number of pyridine rings is 1. The quantitative estimate of drug-likeness (QED) is 0.717. The van der Waals surface area contributed by atoms with Gasteiger partial charge < -0.3 is 9.42 Å². The number of rotatable bonds is 3. The third-order valence-electron chi connectivity index (χ3n) is 4.02. The molecular formula is C17H12ClFN4O2. The number of nitrogens with zero attached hydrogens (tertiary/aromatic N) is 4. The highest BCUT2D eigenvalue weighted by molar-refractivity contribution is 6.33. The summed E-state index contributed by atoms with van der Waals surface area (Å²) in [5.41, 5.74) is 1.05. The van der Waals surface area contributed by atoms with Crippen molar-refractivity contribution in [1.29, 1.82) is 0 Å². The van der Waals surface area contributed by atoms with E-state index in [-0.39, 0.29) is 23.3 Å². The Hall–Kier alpha value is -2.80. The highest BCUT2D eigenvalue weighted by Gasteiger charge is 2.35. The van der Waals surface area contributed by atoms with Crippen molar-refractivity contribution in [3.05, 3.63) is 59.3 Å². The second kappa shape index (κ2) is 6.25. The highest BCUT2D eigenvalue weighted by atomic mass is 35.5. The van der Waals surface area contributed by atoms with Gasteiger partial charge in [-0.1, -0.05) is 22.8 Å². The molecule has 0 radical (unpaired) electrons. The number of amides is 1. The van der Waals surface area contributed by atoms with Gasteiger partial charge in [0.2, 0.25) is 5.91 Å². The van der Waals surface area contributed by atoms with E-state index >= 15 is 0 Å². The van der Waals surface area contributed by atoms with Crippen LogP contribution in [0.2, 0.25) is 5.02 Å². The fourth-order valence-electron chi connectivity index (χ4n) is 2.81. The number of aromatic nitrogens is 3. The summed E-state index contributed by atoms with van der Waals surface area (Å²) in [5, 5.41) is 4.17. The van der Waals surface area contributed by atoms with Gasteiger partial charge in [-0.05, 0) is 30.3 Å². The zero-order chi connectivity index (χ0) is 17.4. The number of halogens is 2.